The molecule has 0 atom stereocenters. The number of hydrogen-bond acceptors (Lipinski definition) is 3. The van der Waals surface area contributed by atoms with Gasteiger partial charge in [0, 0.05) is 28.4 Å². The number of halogens is 3. The van der Waals surface area contributed by atoms with Gasteiger partial charge in [0.15, 0.2) is 0 Å². The standard InChI is InChI=1S/C20H15F3N2O2/c21-20(22,23)27-14-8-6-13(7-9-14)24-11-12-5-10-16-15-3-1-2-4-17(15)25-18(16)19(12)26/h1-4,6-9,11,24-25H,5,10H2/b12-11+. The molecular formula is C20H15F3N2O2. The summed E-state index contributed by atoms with van der Waals surface area (Å²) in [7, 11) is 0. The molecule has 0 radical (unpaired) electrons. The van der Waals surface area contributed by atoms with Gasteiger partial charge >= 0.3 is 6.36 Å². The number of carbonyl (C=O) groups is 1. The lowest BCUT2D eigenvalue weighted by Crippen LogP contribution is -2.17. The molecule has 1 aliphatic rings. The van der Waals surface area contributed by atoms with Crippen molar-refractivity contribution in [1.82, 2.24) is 4.98 Å². The molecule has 1 aromatic heterocycles. The van der Waals surface area contributed by atoms with Gasteiger partial charge in [-0.05, 0) is 48.7 Å². The molecule has 138 valence electrons. The van der Waals surface area contributed by atoms with Crippen molar-refractivity contribution in [1.29, 1.82) is 0 Å². The smallest absolute Gasteiger partial charge is 0.406 e. The SMILES string of the molecule is O=C1/C(=C/Nc2ccc(OC(F)(F)F)cc2)CCc2c1[nH]c1ccccc21. The van der Waals surface area contributed by atoms with E-state index in [2.05, 4.69) is 15.0 Å². The summed E-state index contributed by atoms with van der Waals surface area (Å²) in [5, 5.41) is 4.03. The zero-order chi connectivity index (χ0) is 19.0. The zero-order valence-corrected chi connectivity index (χ0v) is 14.1. The Kier molecular flexibility index (Phi) is 4.14. The van der Waals surface area contributed by atoms with Gasteiger partial charge < -0.3 is 15.0 Å². The minimum Gasteiger partial charge on any atom is -0.406 e. The molecular weight excluding hydrogens is 357 g/mol. The number of fused-ring (bicyclic) bond motifs is 3. The minimum atomic E-state index is -4.72. The van der Waals surface area contributed by atoms with Crippen LogP contribution in [0, 0.1) is 0 Å². The van der Waals surface area contributed by atoms with E-state index in [1.54, 1.807) is 6.20 Å². The van der Waals surface area contributed by atoms with Crippen LogP contribution < -0.4 is 10.1 Å². The number of aromatic nitrogens is 1. The van der Waals surface area contributed by atoms with Crippen LogP contribution in [0.3, 0.4) is 0 Å². The Hall–Kier alpha value is -3.22. The third kappa shape index (κ3) is 3.53. The fraction of sp³-hybridized carbons (Fsp3) is 0.150. The predicted octanol–water partition coefficient (Wildman–Crippen LogP) is 5.19. The lowest BCUT2D eigenvalue weighted by atomic mass is 9.91. The number of benzene rings is 2. The topological polar surface area (TPSA) is 54.1 Å². The van der Waals surface area contributed by atoms with Gasteiger partial charge in [0.05, 0.1) is 5.69 Å². The first kappa shape index (κ1) is 17.2. The molecule has 0 fully saturated rings. The van der Waals surface area contributed by atoms with Gasteiger partial charge in [-0.2, -0.15) is 0 Å². The van der Waals surface area contributed by atoms with Crippen LogP contribution in [0.1, 0.15) is 22.5 Å². The first-order valence-electron chi connectivity index (χ1n) is 8.36. The molecule has 0 unspecified atom stereocenters. The molecule has 2 aromatic carbocycles. The summed E-state index contributed by atoms with van der Waals surface area (Å²) in [5.41, 5.74) is 3.74. The van der Waals surface area contributed by atoms with Gasteiger partial charge in [0.2, 0.25) is 5.78 Å². The molecule has 2 N–H and O–H groups in total. The van der Waals surface area contributed by atoms with E-state index in [4.69, 9.17) is 0 Å². The number of para-hydroxylation sites is 1. The summed E-state index contributed by atoms with van der Waals surface area (Å²) in [6.45, 7) is 0. The molecule has 1 aliphatic carbocycles. The third-order valence-corrected chi connectivity index (χ3v) is 4.48. The average Bonchev–Trinajstić information content (AvgIpc) is 3.01. The molecule has 0 spiro atoms. The number of aromatic amines is 1. The van der Waals surface area contributed by atoms with E-state index >= 15 is 0 Å². The molecule has 0 amide bonds. The summed E-state index contributed by atoms with van der Waals surface area (Å²) in [4.78, 5) is 15.9. The number of anilines is 1. The number of Topliss-reactive ketones (excluding diaryl/α,β-unsaturated/α-hetero) is 1. The lowest BCUT2D eigenvalue weighted by Gasteiger charge is -2.14. The molecule has 3 aromatic rings. The maximum Gasteiger partial charge on any atom is 0.573 e. The molecule has 0 saturated heterocycles. The number of ketones is 1. The van der Waals surface area contributed by atoms with Crippen molar-refractivity contribution >= 4 is 22.4 Å². The molecule has 4 rings (SSSR count). The summed E-state index contributed by atoms with van der Waals surface area (Å²) >= 11 is 0. The van der Waals surface area contributed by atoms with Crippen molar-refractivity contribution in [2.75, 3.05) is 5.32 Å². The van der Waals surface area contributed by atoms with E-state index < -0.39 is 6.36 Å². The number of nitrogens with one attached hydrogen (secondary N) is 2. The Bertz CT molecular complexity index is 1030. The third-order valence-electron chi connectivity index (χ3n) is 4.48. The average molecular weight is 372 g/mol. The van der Waals surface area contributed by atoms with Crippen molar-refractivity contribution < 1.29 is 22.7 Å². The lowest BCUT2D eigenvalue weighted by molar-refractivity contribution is -0.274. The zero-order valence-electron chi connectivity index (χ0n) is 14.1. The Morgan fingerprint density at radius 2 is 1.78 bits per heavy atom. The monoisotopic (exact) mass is 372 g/mol. The molecule has 27 heavy (non-hydrogen) atoms. The maximum atomic E-state index is 12.7. The van der Waals surface area contributed by atoms with Crippen LogP contribution in [0.5, 0.6) is 5.75 Å². The normalized spacial score (nSPS) is 15.8. The van der Waals surface area contributed by atoms with E-state index in [1.807, 2.05) is 24.3 Å². The highest BCUT2D eigenvalue weighted by Crippen LogP contribution is 2.31. The Morgan fingerprint density at radius 3 is 2.52 bits per heavy atom. The number of ether oxygens (including phenoxy) is 1. The van der Waals surface area contributed by atoms with E-state index in [9.17, 15) is 18.0 Å². The summed E-state index contributed by atoms with van der Waals surface area (Å²) in [6.07, 6.45) is -1.77. The molecule has 0 saturated carbocycles. The second-order valence-electron chi connectivity index (χ2n) is 6.24. The highest BCUT2D eigenvalue weighted by atomic mass is 19.4. The van der Waals surface area contributed by atoms with Crippen molar-refractivity contribution in [3.63, 3.8) is 0 Å². The van der Waals surface area contributed by atoms with E-state index in [-0.39, 0.29) is 11.5 Å². The minimum absolute atomic E-state index is 0.0722. The molecule has 1 heterocycles. The fourth-order valence-electron chi connectivity index (χ4n) is 3.25. The highest BCUT2D eigenvalue weighted by molar-refractivity contribution is 6.13. The van der Waals surface area contributed by atoms with Crippen molar-refractivity contribution in [3.8, 4) is 5.75 Å². The second-order valence-corrected chi connectivity index (χ2v) is 6.24. The van der Waals surface area contributed by atoms with Crippen molar-refractivity contribution in [2.24, 2.45) is 0 Å². The van der Waals surface area contributed by atoms with Crippen LogP contribution >= 0.6 is 0 Å². The molecule has 0 aliphatic heterocycles. The molecule has 4 nitrogen and oxygen atoms in total. The number of rotatable bonds is 3. The van der Waals surface area contributed by atoms with Gasteiger partial charge in [-0.1, -0.05) is 18.2 Å². The van der Waals surface area contributed by atoms with Crippen LogP contribution in [0.2, 0.25) is 0 Å². The second kappa shape index (κ2) is 6.50. The van der Waals surface area contributed by atoms with Crippen molar-refractivity contribution in [3.05, 3.63) is 71.6 Å². The van der Waals surface area contributed by atoms with Crippen molar-refractivity contribution in [2.45, 2.75) is 19.2 Å². The number of alkyl halides is 3. The van der Waals surface area contributed by atoms with E-state index in [0.717, 1.165) is 22.9 Å². The number of hydrogen-bond donors (Lipinski definition) is 2. The summed E-state index contributed by atoms with van der Waals surface area (Å²) in [5.74, 6) is -0.367. The molecule has 0 bridgehead atoms. The predicted molar refractivity (Wildman–Crippen MR) is 95.8 cm³/mol. The Morgan fingerprint density at radius 1 is 1.04 bits per heavy atom. The summed E-state index contributed by atoms with van der Waals surface area (Å²) < 4.78 is 40.4. The molecule has 7 heteroatoms. The highest BCUT2D eigenvalue weighted by Gasteiger charge is 2.31. The number of aryl methyl sites for hydroxylation is 1. The van der Waals surface area contributed by atoms with E-state index in [1.165, 1.54) is 24.3 Å². The summed E-state index contributed by atoms with van der Waals surface area (Å²) in [6, 6.07) is 13.1. The first-order valence-corrected chi connectivity index (χ1v) is 8.36. The maximum absolute atomic E-state index is 12.7. The Balaban J connectivity index is 1.51. The quantitative estimate of drug-likeness (QED) is 0.622. The largest absolute Gasteiger partial charge is 0.573 e. The number of H-pyrrole nitrogens is 1. The fourth-order valence-corrected chi connectivity index (χ4v) is 3.25. The van der Waals surface area contributed by atoms with Gasteiger partial charge in [0.25, 0.3) is 0 Å². The Labute approximate surface area is 152 Å². The van der Waals surface area contributed by atoms with Crippen LogP contribution in [-0.4, -0.2) is 17.1 Å². The van der Waals surface area contributed by atoms with Gasteiger partial charge in [-0.25, -0.2) is 0 Å². The number of carbonyl (C=O) groups excluding carboxylic acids is 1. The van der Waals surface area contributed by atoms with Gasteiger partial charge in [0.1, 0.15) is 5.75 Å². The number of allylic oxidation sites excluding steroid dienone is 1. The van der Waals surface area contributed by atoms with Gasteiger partial charge in [-0.3, -0.25) is 4.79 Å². The van der Waals surface area contributed by atoms with Crippen LogP contribution in [-0.2, 0) is 6.42 Å². The van der Waals surface area contributed by atoms with Crippen LogP contribution in [0.4, 0.5) is 18.9 Å². The van der Waals surface area contributed by atoms with Crippen LogP contribution in [0.25, 0.3) is 10.9 Å². The first-order chi connectivity index (χ1) is 12.9. The van der Waals surface area contributed by atoms with E-state index in [0.29, 0.717) is 23.4 Å². The van der Waals surface area contributed by atoms with Crippen LogP contribution in [0.15, 0.2) is 60.3 Å². The van der Waals surface area contributed by atoms with Gasteiger partial charge in [-0.15, -0.1) is 13.2 Å².